The van der Waals surface area contributed by atoms with E-state index in [1.165, 1.54) is 5.56 Å². The molecular formula is C22H24BrN3O2. The van der Waals surface area contributed by atoms with Crippen molar-refractivity contribution in [1.82, 2.24) is 10.6 Å². The minimum absolute atomic E-state index is 0.158. The van der Waals surface area contributed by atoms with Crippen LogP contribution in [0.1, 0.15) is 36.5 Å². The number of carbonyl (C=O) groups excluding carboxylic acids is 1. The summed E-state index contributed by atoms with van der Waals surface area (Å²) in [6.07, 6.45) is 0. The molecule has 0 bridgehead atoms. The van der Waals surface area contributed by atoms with E-state index in [1.54, 1.807) is 0 Å². The number of hydrogen-bond donors (Lipinski definition) is 3. The van der Waals surface area contributed by atoms with Crippen molar-refractivity contribution < 1.29 is 9.53 Å². The molecule has 0 unspecified atom stereocenters. The predicted octanol–water partition coefficient (Wildman–Crippen LogP) is 4.19. The molecule has 0 radical (unpaired) electrons. The fourth-order valence-electron chi connectivity index (χ4n) is 3.00. The summed E-state index contributed by atoms with van der Waals surface area (Å²) >= 11 is 3.21. The maximum atomic E-state index is 12.1. The zero-order valence-electron chi connectivity index (χ0n) is 16.0. The monoisotopic (exact) mass is 441 g/mol. The molecule has 0 spiro atoms. The highest BCUT2D eigenvalue weighted by atomic mass is 79.9. The van der Waals surface area contributed by atoms with E-state index in [9.17, 15) is 4.79 Å². The van der Waals surface area contributed by atoms with E-state index in [-0.39, 0.29) is 10.5 Å². The summed E-state index contributed by atoms with van der Waals surface area (Å²) in [4.78, 5) is 12.1. The number of hydrogen-bond acceptors (Lipinski definition) is 4. The van der Waals surface area contributed by atoms with Crippen LogP contribution < -0.4 is 15.4 Å². The van der Waals surface area contributed by atoms with Crippen LogP contribution in [0, 0.1) is 5.41 Å². The molecule has 3 rings (SSSR count). The first-order valence-electron chi connectivity index (χ1n) is 9.28. The van der Waals surface area contributed by atoms with Crippen molar-refractivity contribution in [3.05, 3.63) is 70.9 Å². The van der Waals surface area contributed by atoms with Gasteiger partial charge in [0, 0.05) is 18.7 Å². The van der Waals surface area contributed by atoms with Gasteiger partial charge >= 0.3 is 0 Å². The Morgan fingerprint density at radius 3 is 2.29 bits per heavy atom. The topological polar surface area (TPSA) is 74.2 Å². The molecule has 1 heterocycles. The molecule has 1 saturated heterocycles. The molecule has 0 aliphatic carbocycles. The van der Waals surface area contributed by atoms with Crippen molar-refractivity contribution in [3.63, 3.8) is 0 Å². The average Bonchev–Trinajstić information content (AvgIpc) is 2.69. The minimum Gasteiger partial charge on any atom is -0.489 e. The fraction of sp³-hybridized carbons (Fsp3) is 0.273. The van der Waals surface area contributed by atoms with Gasteiger partial charge in [-0.05, 0) is 50.7 Å². The zero-order valence-corrected chi connectivity index (χ0v) is 17.6. The molecular weight excluding hydrogens is 418 g/mol. The number of amides is 1. The van der Waals surface area contributed by atoms with Crippen LogP contribution in [0.25, 0.3) is 5.57 Å². The first-order chi connectivity index (χ1) is 13.5. The van der Waals surface area contributed by atoms with E-state index in [1.807, 2.05) is 24.3 Å². The maximum Gasteiger partial charge on any atom is 0.268 e. The first-order valence-corrected chi connectivity index (χ1v) is 10.1. The van der Waals surface area contributed by atoms with Crippen LogP contribution in [0.5, 0.6) is 5.75 Å². The smallest absolute Gasteiger partial charge is 0.268 e. The fourth-order valence-corrected chi connectivity index (χ4v) is 3.43. The lowest BCUT2D eigenvalue weighted by Crippen LogP contribution is -2.43. The van der Waals surface area contributed by atoms with E-state index < -0.39 is 0 Å². The SMILES string of the molecule is CC(C)c1ccc(COc2ccc(/C(C(=N)Br)=C3/NCCNC3=O)cc2)cc1. The van der Waals surface area contributed by atoms with Crippen LogP contribution in [0.2, 0.25) is 0 Å². The molecule has 3 N–H and O–H groups in total. The Balaban J connectivity index is 1.72. The van der Waals surface area contributed by atoms with Crippen molar-refractivity contribution in [2.45, 2.75) is 26.4 Å². The summed E-state index contributed by atoms with van der Waals surface area (Å²) in [6, 6.07) is 15.9. The number of ether oxygens (including phenoxy) is 1. The van der Waals surface area contributed by atoms with Crippen molar-refractivity contribution in [2.75, 3.05) is 13.1 Å². The van der Waals surface area contributed by atoms with Crippen molar-refractivity contribution in [1.29, 1.82) is 5.41 Å². The third kappa shape index (κ3) is 4.81. The second-order valence-electron chi connectivity index (χ2n) is 6.96. The normalized spacial score (nSPS) is 15.6. The number of carbonyl (C=O) groups is 1. The predicted molar refractivity (Wildman–Crippen MR) is 116 cm³/mol. The second-order valence-corrected chi connectivity index (χ2v) is 7.75. The third-order valence-electron chi connectivity index (χ3n) is 4.60. The van der Waals surface area contributed by atoms with Crippen LogP contribution in [0.15, 0.2) is 54.2 Å². The van der Waals surface area contributed by atoms with Gasteiger partial charge in [0.05, 0.1) is 0 Å². The van der Waals surface area contributed by atoms with Gasteiger partial charge < -0.3 is 15.4 Å². The molecule has 1 aliphatic rings. The van der Waals surface area contributed by atoms with Crippen LogP contribution in [0.3, 0.4) is 0 Å². The minimum atomic E-state index is -0.198. The largest absolute Gasteiger partial charge is 0.489 e. The van der Waals surface area contributed by atoms with Gasteiger partial charge in [-0.1, -0.05) is 50.2 Å². The number of allylic oxidation sites excluding steroid dienone is 1. The summed E-state index contributed by atoms with van der Waals surface area (Å²) in [6.45, 7) is 6.06. The zero-order chi connectivity index (χ0) is 20.1. The molecule has 1 amide bonds. The van der Waals surface area contributed by atoms with Gasteiger partial charge in [-0.2, -0.15) is 0 Å². The number of rotatable bonds is 6. The molecule has 146 valence electrons. The number of benzene rings is 2. The molecule has 0 aromatic heterocycles. The molecule has 6 heteroatoms. The first kappa shape index (κ1) is 20.1. The Morgan fingerprint density at radius 2 is 1.71 bits per heavy atom. The molecule has 0 saturated carbocycles. The lowest BCUT2D eigenvalue weighted by Gasteiger charge is -2.21. The lowest BCUT2D eigenvalue weighted by atomic mass is 10.0. The van der Waals surface area contributed by atoms with Gasteiger partial charge in [0.15, 0.2) is 0 Å². The highest BCUT2D eigenvalue weighted by molar-refractivity contribution is 9.18. The Hall–Kier alpha value is -2.60. The summed E-state index contributed by atoms with van der Waals surface area (Å²) < 4.78 is 6.04. The molecule has 0 atom stereocenters. The van der Waals surface area contributed by atoms with E-state index in [2.05, 4.69) is 64.7 Å². The summed E-state index contributed by atoms with van der Waals surface area (Å²) in [5.74, 6) is 1.05. The van der Waals surface area contributed by atoms with Gasteiger partial charge in [-0.25, -0.2) is 0 Å². The Bertz CT molecular complexity index is 887. The lowest BCUT2D eigenvalue weighted by molar-refractivity contribution is -0.118. The highest BCUT2D eigenvalue weighted by Crippen LogP contribution is 2.25. The highest BCUT2D eigenvalue weighted by Gasteiger charge is 2.21. The number of halogens is 1. The van der Waals surface area contributed by atoms with Crippen molar-refractivity contribution in [3.8, 4) is 5.75 Å². The van der Waals surface area contributed by atoms with E-state index in [4.69, 9.17) is 10.1 Å². The van der Waals surface area contributed by atoms with Gasteiger partial charge in [0.2, 0.25) is 0 Å². The molecule has 28 heavy (non-hydrogen) atoms. The summed E-state index contributed by atoms with van der Waals surface area (Å²) in [5, 5.41) is 13.9. The van der Waals surface area contributed by atoms with E-state index >= 15 is 0 Å². The Labute approximate surface area is 173 Å². The number of piperazine rings is 1. The average molecular weight is 442 g/mol. The van der Waals surface area contributed by atoms with Crippen LogP contribution in [0.4, 0.5) is 0 Å². The molecule has 2 aromatic rings. The summed E-state index contributed by atoms with van der Waals surface area (Å²) in [5.41, 5.74) is 4.14. The van der Waals surface area contributed by atoms with Gasteiger partial charge in [0.1, 0.15) is 22.7 Å². The molecule has 1 fully saturated rings. The van der Waals surface area contributed by atoms with Crippen LogP contribution in [-0.4, -0.2) is 23.6 Å². The second kappa shape index (κ2) is 9.06. The van der Waals surface area contributed by atoms with E-state index in [0.29, 0.717) is 36.9 Å². The van der Waals surface area contributed by atoms with Crippen molar-refractivity contribution >= 4 is 32.0 Å². The Morgan fingerprint density at radius 1 is 1.07 bits per heavy atom. The van der Waals surface area contributed by atoms with Crippen LogP contribution >= 0.6 is 15.9 Å². The van der Waals surface area contributed by atoms with Gasteiger partial charge in [0.25, 0.3) is 5.91 Å². The van der Waals surface area contributed by atoms with Crippen molar-refractivity contribution in [2.24, 2.45) is 0 Å². The molecule has 1 aliphatic heterocycles. The van der Waals surface area contributed by atoms with Gasteiger partial charge in [-0.3, -0.25) is 10.2 Å². The quantitative estimate of drug-likeness (QED) is 0.464. The number of nitrogens with one attached hydrogen (secondary N) is 3. The maximum absolute atomic E-state index is 12.1. The molecule has 5 nitrogen and oxygen atoms in total. The standard InChI is InChI=1S/C22H24BrN3O2/c1-14(2)16-5-3-15(4-6-16)13-28-18-9-7-17(8-10-18)19(21(23)24)20-22(27)26-12-11-25-20/h3-10,14,24-25H,11-13H2,1-2H3,(H,26,27)/b20-19-,24-21?. The molecule has 2 aromatic carbocycles. The summed E-state index contributed by atoms with van der Waals surface area (Å²) in [7, 11) is 0. The Kier molecular flexibility index (Phi) is 6.52. The van der Waals surface area contributed by atoms with Crippen LogP contribution in [-0.2, 0) is 11.4 Å². The van der Waals surface area contributed by atoms with Gasteiger partial charge in [-0.15, -0.1) is 0 Å². The third-order valence-corrected chi connectivity index (χ3v) is 5.00. The van der Waals surface area contributed by atoms with E-state index in [0.717, 1.165) is 16.9 Å².